The van der Waals surface area contributed by atoms with Crippen molar-refractivity contribution >= 4 is 17.4 Å². The van der Waals surface area contributed by atoms with Gasteiger partial charge in [-0.15, -0.1) is 10.2 Å². The van der Waals surface area contributed by atoms with Crippen LogP contribution in [-0.2, 0) is 6.42 Å². The van der Waals surface area contributed by atoms with Crippen LogP contribution in [0.2, 0.25) is 0 Å². The van der Waals surface area contributed by atoms with Gasteiger partial charge in [-0.1, -0.05) is 29.5 Å². The van der Waals surface area contributed by atoms with Crippen LogP contribution < -0.4 is 4.74 Å². The number of rotatable bonds is 5. The Labute approximate surface area is 203 Å². The fourth-order valence-electron chi connectivity index (χ4n) is 4.54. The maximum absolute atomic E-state index is 12.1. The molecule has 1 heterocycles. The zero-order chi connectivity index (χ0) is 24.6. The molecule has 3 aromatic rings. The number of aromatic nitrogens is 2. The van der Waals surface area contributed by atoms with Crippen molar-refractivity contribution in [1.29, 1.82) is 5.26 Å². The number of fused-ring (bicyclic) bond motifs is 1. The summed E-state index contributed by atoms with van der Waals surface area (Å²) in [4.78, 5) is 13.6. The highest BCUT2D eigenvalue weighted by Gasteiger charge is 2.38. The smallest absolute Gasteiger partial charge is 0.408 e. The third kappa shape index (κ3) is 4.48. The Hall–Kier alpha value is -3.44. The van der Waals surface area contributed by atoms with Crippen molar-refractivity contribution < 1.29 is 14.6 Å². The Balaban J connectivity index is 1.68. The number of carboxylic acid groups (broad SMARTS) is 1. The summed E-state index contributed by atoms with van der Waals surface area (Å²) in [6, 6.07) is 13.5. The summed E-state index contributed by atoms with van der Waals surface area (Å²) in [5, 5.41) is 29.8. The SMILES string of the molecule is CC(C)Oc1ccc(-c2nnc(-c3cccc4c3CCC4N(C(=O)O)C(C)(C)C)s2)cc1C#N. The molecular weight excluding hydrogens is 448 g/mol. The first kappa shape index (κ1) is 23.7. The highest BCUT2D eigenvalue weighted by atomic mass is 32.1. The normalized spacial score (nSPS) is 15.1. The molecule has 4 rings (SSSR count). The molecule has 0 fully saturated rings. The van der Waals surface area contributed by atoms with Crippen molar-refractivity contribution in [2.75, 3.05) is 0 Å². The number of carbonyl (C=O) groups is 1. The Kier molecular flexibility index (Phi) is 6.32. The quantitative estimate of drug-likeness (QED) is 0.464. The van der Waals surface area contributed by atoms with Crippen molar-refractivity contribution in [2.45, 2.75) is 65.1 Å². The summed E-state index contributed by atoms with van der Waals surface area (Å²) < 4.78 is 5.72. The maximum Gasteiger partial charge on any atom is 0.408 e. The number of nitrogens with zero attached hydrogens (tertiary/aromatic N) is 4. The number of ether oxygens (including phenoxy) is 1. The van der Waals surface area contributed by atoms with Crippen LogP contribution in [0.4, 0.5) is 4.79 Å². The minimum atomic E-state index is -0.910. The lowest BCUT2D eigenvalue weighted by molar-refractivity contribution is 0.0701. The average molecular weight is 477 g/mol. The highest BCUT2D eigenvalue weighted by Crippen LogP contribution is 2.44. The van der Waals surface area contributed by atoms with Crippen LogP contribution in [0.3, 0.4) is 0 Å². The molecule has 0 saturated carbocycles. The Bertz CT molecular complexity index is 1270. The van der Waals surface area contributed by atoms with Crippen molar-refractivity contribution in [3.63, 3.8) is 0 Å². The number of benzene rings is 2. The van der Waals surface area contributed by atoms with E-state index in [0.717, 1.165) is 45.1 Å². The van der Waals surface area contributed by atoms with Gasteiger partial charge in [-0.3, -0.25) is 4.90 Å². The Morgan fingerprint density at radius 3 is 2.62 bits per heavy atom. The van der Waals surface area contributed by atoms with Crippen molar-refractivity contribution in [1.82, 2.24) is 15.1 Å². The first-order valence-electron chi connectivity index (χ1n) is 11.3. The molecule has 1 aliphatic rings. The van der Waals surface area contributed by atoms with E-state index in [1.807, 2.05) is 58.9 Å². The van der Waals surface area contributed by atoms with E-state index in [9.17, 15) is 15.2 Å². The molecule has 2 aromatic carbocycles. The summed E-state index contributed by atoms with van der Waals surface area (Å²) in [5.41, 5.74) is 3.92. The number of amides is 1. The molecule has 1 amide bonds. The predicted octanol–water partition coefficient (Wildman–Crippen LogP) is 6.30. The van der Waals surface area contributed by atoms with Crippen LogP contribution in [0.1, 0.15) is 63.8 Å². The topological polar surface area (TPSA) is 99.3 Å². The Morgan fingerprint density at radius 2 is 1.97 bits per heavy atom. The summed E-state index contributed by atoms with van der Waals surface area (Å²) >= 11 is 1.46. The fraction of sp³-hybridized carbons (Fsp3) is 0.385. The number of nitriles is 1. The third-order valence-corrected chi connectivity index (χ3v) is 6.85. The molecule has 1 aliphatic carbocycles. The van der Waals surface area contributed by atoms with E-state index in [2.05, 4.69) is 16.3 Å². The monoisotopic (exact) mass is 476 g/mol. The maximum atomic E-state index is 12.1. The lowest BCUT2D eigenvalue weighted by atomic mass is 9.98. The first-order valence-corrected chi connectivity index (χ1v) is 12.1. The molecule has 7 nitrogen and oxygen atoms in total. The summed E-state index contributed by atoms with van der Waals surface area (Å²) in [5.74, 6) is 0.555. The van der Waals surface area contributed by atoms with E-state index in [1.54, 1.807) is 17.0 Å². The molecular formula is C26H28N4O3S. The molecule has 34 heavy (non-hydrogen) atoms. The van der Waals surface area contributed by atoms with Gasteiger partial charge in [0.2, 0.25) is 0 Å². The second-order valence-corrected chi connectivity index (χ2v) is 10.6. The summed E-state index contributed by atoms with van der Waals surface area (Å²) in [6.45, 7) is 9.62. The predicted molar refractivity (Wildman–Crippen MR) is 132 cm³/mol. The average Bonchev–Trinajstić information content (AvgIpc) is 3.40. The van der Waals surface area contributed by atoms with Gasteiger partial charge in [-0.2, -0.15) is 5.26 Å². The van der Waals surface area contributed by atoms with Crippen molar-refractivity contribution in [3.8, 4) is 33.0 Å². The largest absolute Gasteiger partial charge is 0.490 e. The first-order chi connectivity index (χ1) is 16.1. The van der Waals surface area contributed by atoms with E-state index in [4.69, 9.17) is 4.74 Å². The van der Waals surface area contributed by atoms with Crippen molar-refractivity contribution in [2.24, 2.45) is 0 Å². The van der Waals surface area contributed by atoms with Crippen LogP contribution in [-0.4, -0.2) is 37.9 Å². The molecule has 0 spiro atoms. The molecule has 1 aromatic heterocycles. The minimum Gasteiger partial charge on any atom is -0.490 e. The van der Waals surface area contributed by atoms with Gasteiger partial charge < -0.3 is 9.84 Å². The molecule has 0 radical (unpaired) electrons. The molecule has 0 saturated heterocycles. The van der Waals surface area contributed by atoms with Gasteiger partial charge in [0.25, 0.3) is 0 Å². The van der Waals surface area contributed by atoms with E-state index < -0.39 is 11.6 Å². The van der Waals surface area contributed by atoms with Crippen molar-refractivity contribution in [3.05, 3.63) is 53.1 Å². The summed E-state index contributed by atoms with van der Waals surface area (Å²) in [7, 11) is 0. The number of hydrogen-bond acceptors (Lipinski definition) is 6. The molecule has 1 atom stereocenters. The molecule has 1 unspecified atom stereocenters. The highest BCUT2D eigenvalue weighted by molar-refractivity contribution is 7.17. The Morgan fingerprint density at radius 1 is 1.24 bits per heavy atom. The van der Waals surface area contributed by atoms with Gasteiger partial charge in [-0.25, -0.2) is 4.79 Å². The van der Waals surface area contributed by atoms with Gasteiger partial charge in [0.05, 0.1) is 17.7 Å². The molecule has 1 N–H and O–H groups in total. The third-order valence-electron chi connectivity index (χ3n) is 5.84. The zero-order valence-corrected chi connectivity index (χ0v) is 20.8. The molecule has 0 bridgehead atoms. The fourth-order valence-corrected chi connectivity index (χ4v) is 5.44. The van der Waals surface area contributed by atoms with Gasteiger partial charge in [0.15, 0.2) is 0 Å². The number of hydrogen-bond donors (Lipinski definition) is 1. The molecule has 8 heteroatoms. The van der Waals surface area contributed by atoms with Gasteiger partial charge in [-0.05, 0) is 76.8 Å². The van der Waals surface area contributed by atoms with Crippen LogP contribution in [0.25, 0.3) is 21.1 Å². The standard InChI is InChI=1S/C26H28N4O3S/c1-15(2)33-22-12-9-16(13-17(22)14-27)23-28-29-24(34-23)20-8-6-7-19-18(20)10-11-21(19)30(25(31)32)26(3,4)5/h6-9,12-13,15,21H,10-11H2,1-5H3,(H,31,32). The van der Waals surface area contributed by atoms with E-state index in [1.165, 1.54) is 11.3 Å². The zero-order valence-electron chi connectivity index (χ0n) is 20.0. The van der Waals surface area contributed by atoms with Crippen LogP contribution in [0, 0.1) is 11.3 Å². The van der Waals surface area contributed by atoms with Crippen LogP contribution >= 0.6 is 11.3 Å². The second-order valence-electron chi connectivity index (χ2n) is 9.65. The van der Waals surface area contributed by atoms with Gasteiger partial charge in [0.1, 0.15) is 21.8 Å². The van der Waals surface area contributed by atoms with Crippen LogP contribution in [0.5, 0.6) is 5.75 Å². The van der Waals surface area contributed by atoms with E-state index >= 15 is 0 Å². The summed E-state index contributed by atoms with van der Waals surface area (Å²) in [6.07, 6.45) is 0.590. The van der Waals surface area contributed by atoms with Crippen LogP contribution in [0.15, 0.2) is 36.4 Å². The minimum absolute atomic E-state index is 0.0228. The van der Waals surface area contributed by atoms with E-state index in [-0.39, 0.29) is 12.1 Å². The van der Waals surface area contributed by atoms with Gasteiger partial charge >= 0.3 is 6.09 Å². The lowest BCUT2D eigenvalue weighted by Gasteiger charge is -2.38. The lowest BCUT2D eigenvalue weighted by Crippen LogP contribution is -2.46. The molecule has 176 valence electrons. The van der Waals surface area contributed by atoms with E-state index in [0.29, 0.717) is 11.3 Å². The van der Waals surface area contributed by atoms with Gasteiger partial charge in [0, 0.05) is 16.7 Å². The molecule has 0 aliphatic heterocycles. The second kappa shape index (κ2) is 9.07.